The van der Waals surface area contributed by atoms with Gasteiger partial charge in [-0.05, 0) is 44.9 Å². The Labute approximate surface area is 392 Å². The van der Waals surface area contributed by atoms with E-state index in [9.17, 15) is 14.4 Å². The number of allylic oxidation sites excluding steroid dienone is 4. The van der Waals surface area contributed by atoms with Crippen molar-refractivity contribution in [2.75, 3.05) is 13.2 Å². The summed E-state index contributed by atoms with van der Waals surface area (Å²) in [5.41, 5.74) is 0. The molecule has 0 aromatic heterocycles. The molecule has 0 heterocycles. The first-order valence-electron chi connectivity index (χ1n) is 27.8. The standard InChI is InChI=1S/C57H106O6/c1-4-7-10-13-16-19-22-25-27-28-29-30-31-33-35-38-41-44-47-50-56(59)62-53-54(52-61-55(58)49-46-43-40-37-34-24-21-18-15-12-9-6-3)63-57(60)51-48-45-42-39-36-32-26-23-20-17-14-11-8-5-2/h14,17,23,26,54H,4-13,15-16,18-22,24-25,27-53H2,1-3H3/b17-14-,26-23-. The maximum atomic E-state index is 12.8. The first-order chi connectivity index (χ1) is 31.0. The van der Waals surface area contributed by atoms with Crippen molar-refractivity contribution in [2.24, 2.45) is 0 Å². The molecule has 0 saturated carbocycles. The minimum absolute atomic E-state index is 0.0718. The number of carbonyl (C=O) groups excluding carboxylic acids is 3. The van der Waals surface area contributed by atoms with Gasteiger partial charge in [0.15, 0.2) is 6.10 Å². The van der Waals surface area contributed by atoms with E-state index in [4.69, 9.17) is 14.2 Å². The Morgan fingerprint density at radius 2 is 0.587 bits per heavy atom. The fourth-order valence-corrected chi connectivity index (χ4v) is 8.23. The lowest BCUT2D eigenvalue weighted by Crippen LogP contribution is -2.30. The summed E-state index contributed by atoms with van der Waals surface area (Å²) in [5.74, 6) is -0.868. The Morgan fingerprint density at radius 3 is 0.921 bits per heavy atom. The van der Waals surface area contributed by atoms with E-state index in [-0.39, 0.29) is 31.1 Å². The molecule has 0 aliphatic heterocycles. The molecule has 0 bridgehead atoms. The summed E-state index contributed by atoms with van der Waals surface area (Å²) in [6.07, 6.45) is 60.2. The molecule has 370 valence electrons. The maximum Gasteiger partial charge on any atom is 0.306 e. The highest BCUT2D eigenvalue weighted by molar-refractivity contribution is 5.71. The summed E-state index contributed by atoms with van der Waals surface area (Å²) in [7, 11) is 0. The first kappa shape index (κ1) is 60.9. The average Bonchev–Trinajstić information content (AvgIpc) is 3.28. The number of ether oxygens (including phenoxy) is 3. The van der Waals surface area contributed by atoms with Crippen LogP contribution in [0.3, 0.4) is 0 Å². The van der Waals surface area contributed by atoms with Gasteiger partial charge in [-0.25, -0.2) is 0 Å². The Balaban J connectivity index is 4.29. The van der Waals surface area contributed by atoms with Crippen LogP contribution in [0, 0.1) is 0 Å². The largest absolute Gasteiger partial charge is 0.462 e. The molecule has 0 aliphatic carbocycles. The highest BCUT2D eigenvalue weighted by Crippen LogP contribution is 2.17. The molecule has 1 unspecified atom stereocenters. The van der Waals surface area contributed by atoms with E-state index in [2.05, 4.69) is 45.1 Å². The third-order valence-corrected chi connectivity index (χ3v) is 12.5. The molecular weight excluding hydrogens is 781 g/mol. The molecule has 0 aromatic rings. The molecule has 6 nitrogen and oxygen atoms in total. The van der Waals surface area contributed by atoms with Crippen molar-refractivity contribution in [1.82, 2.24) is 0 Å². The lowest BCUT2D eigenvalue weighted by Gasteiger charge is -2.18. The number of unbranched alkanes of at least 4 members (excludes halogenated alkanes) is 36. The quantitative estimate of drug-likeness (QED) is 0.0262. The highest BCUT2D eigenvalue weighted by atomic mass is 16.6. The van der Waals surface area contributed by atoms with Crippen LogP contribution in [-0.4, -0.2) is 37.2 Å². The van der Waals surface area contributed by atoms with E-state index < -0.39 is 6.10 Å². The molecule has 0 amide bonds. The average molecular weight is 887 g/mol. The van der Waals surface area contributed by atoms with Gasteiger partial charge in [-0.2, -0.15) is 0 Å². The van der Waals surface area contributed by atoms with Crippen molar-refractivity contribution < 1.29 is 28.6 Å². The van der Waals surface area contributed by atoms with Crippen molar-refractivity contribution in [3.05, 3.63) is 24.3 Å². The summed E-state index contributed by atoms with van der Waals surface area (Å²) >= 11 is 0. The van der Waals surface area contributed by atoms with Crippen LogP contribution in [0.15, 0.2) is 24.3 Å². The summed E-state index contributed by atoms with van der Waals surface area (Å²) in [6, 6.07) is 0. The zero-order valence-electron chi connectivity index (χ0n) is 42.4. The van der Waals surface area contributed by atoms with Gasteiger partial charge in [0.2, 0.25) is 0 Å². The number of hydrogen-bond acceptors (Lipinski definition) is 6. The molecule has 0 N–H and O–H groups in total. The summed E-state index contributed by atoms with van der Waals surface area (Å²) in [5, 5.41) is 0. The van der Waals surface area contributed by atoms with E-state index in [1.165, 1.54) is 180 Å². The normalized spacial score (nSPS) is 12.1. The van der Waals surface area contributed by atoms with Gasteiger partial charge in [-0.1, -0.05) is 263 Å². The van der Waals surface area contributed by atoms with Crippen LogP contribution in [0.4, 0.5) is 0 Å². The first-order valence-corrected chi connectivity index (χ1v) is 27.8. The highest BCUT2D eigenvalue weighted by Gasteiger charge is 2.19. The monoisotopic (exact) mass is 887 g/mol. The molecule has 0 spiro atoms. The van der Waals surface area contributed by atoms with Crippen molar-refractivity contribution in [2.45, 2.75) is 309 Å². The predicted octanol–water partition coefficient (Wildman–Crippen LogP) is 18.3. The van der Waals surface area contributed by atoms with Crippen LogP contribution in [0.5, 0.6) is 0 Å². The number of esters is 3. The zero-order chi connectivity index (χ0) is 45.8. The maximum absolute atomic E-state index is 12.8. The molecule has 0 aromatic carbocycles. The summed E-state index contributed by atoms with van der Waals surface area (Å²) < 4.78 is 16.8. The van der Waals surface area contributed by atoms with Gasteiger partial charge in [-0.3, -0.25) is 14.4 Å². The predicted molar refractivity (Wildman–Crippen MR) is 270 cm³/mol. The molecule has 0 rings (SSSR count). The van der Waals surface area contributed by atoms with Gasteiger partial charge in [0.1, 0.15) is 13.2 Å². The Hall–Kier alpha value is -2.11. The van der Waals surface area contributed by atoms with Gasteiger partial charge in [-0.15, -0.1) is 0 Å². The molecule has 0 aliphatic rings. The van der Waals surface area contributed by atoms with Gasteiger partial charge < -0.3 is 14.2 Å². The van der Waals surface area contributed by atoms with E-state index in [1.807, 2.05) is 0 Å². The van der Waals surface area contributed by atoms with E-state index in [1.54, 1.807) is 0 Å². The number of carbonyl (C=O) groups is 3. The van der Waals surface area contributed by atoms with Crippen LogP contribution in [0.25, 0.3) is 0 Å². The molecule has 0 fully saturated rings. The van der Waals surface area contributed by atoms with E-state index in [0.29, 0.717) is 19.3 Å². The molecule has 0 radical (unpaired) electrons. The van der Waals surface area contributed by atoms with Gasteiger partial charge in [0.05, 0.1) is 0 Å². The number of rotatable bonds is 51. The second-order valence-electron chi connectivity index (χ2n) is 18.9. The van der Waals surface area contributed by atoms with Crippen molar-refractivity contribution in [3.8, 4) is 0 Å². The third kappa shape index (κ3) is 50.7. The Morgan fingerprint density at radius 1 is 0.317 bits per heavy atom. The van der Waals surface area contributed by atoms with Crippen LogP contribution in [0.2, 0.25) is 0 Å². The van der Waals surface area contributed by atoms with Gasteiger partial charge in [0, 0.05) is 19.3 Å². The van der Waals surface area contributed by atoms with Crippen LogP contribution >= 0.6 is 0 Å². The molecule has 63 heavy (non-hydrogen) atoms. The molecule has 0 saturated heterocycles. The topological polar surface area (TPSA) is 78.9 Å². The third-order valence-electron chi connectivity index (χ3n) is 12.5. The molecular formula is C57H106O6. The minimum atomic E-state index is -0.772. The molecule has 1 atom stereocenters. The second-order valence-corrected chi connectivity index (χ2v) is 18.9. The minimum Gasteiger partial charge on any atom is -0.462 e. The van der Waals surface area contributed by atoms with E-state index >= 15 is 0 Å². The lowest BCUT2D eigenvalue weighted by atomic mass is 10.0. The van der Waals surface area contributed by atoms with Crippen LogP contribution in [-0.2, 0) is 28.6 Å². The number of hydrogen-bond donors (Lipinski definition) is 0. The van der Waals surface area contributed by atoms with Crippen LogP contribution < -0.4 is 0 Å². The summed E-state index contributed by atoms with van der Waals surface area (Å²) in [6.45, 7) is 6.63. The van der Waals surface area contributed by atoms with E-state index in [0.717, 1.165) is 83.5 Å². The van der Waals surface area contributed by atoms with Crippen molar-refractivity contribution in [3.63, 3.8) is 0 Å². The summed E-state index contributed by atoms with van der Waals surface area (Å²) in [4.78, 5) is 38.0. The smallest absolute Gasteiger partial charge is 0.306 e. The van der Waals surface area contributed by atoms with Gasteiger partial charge >= 0.3 is 17.9 Å². The fourth-order valence-electron chi connectivity index (χ4n) is 8.23. The Bertz CT molecular complexity index is 1020. The van der Waals surface area contributed by atoms with Crippen molar-refractivity contribution >= 4 is 17.9 Å². The zero-order valence-corrected chi connectivity index (χ0v) is 42.4. The van der Waals surface area contributed by atoms with Gasteiger partial charge in [0.25, 0.3) is 0 Å². The Kier molecular flexibility index (Phi) is 50.8. The van der Waals surface area contributed by atoms with Crippen molar-refractivity contribution in [1.29, 1.82) is 0 Å². The second kappa shape index (κ2) is 52.5. The lowest BCUT2D eigenvalue weighted by molar-refractivity contribution is -0.167. The fraction of sp³-hybridized carbons (Fsp3) is 0.877. The molecule has 6 heteroatoms. The SMILES string of the molecule is CCCC/C=C\C/C=C\CCCCCCCC(=O)OC(COC(=O)CCCCCCCCCCCCCC)COC(=O)CCCCCCCCCCCCCCCCCCCCC. The van der Waals surface area contributed by atoms with Crippen LogP contribution in [0.1, 0.15) is 303 Å².